The van der Waals surface area contributed by atoms with Crippen LogP contribution in [-0.4, -0.2) is 22.3 Å². The van der Waals surface area contributed by atoms with Crippen molar-refractivity contribution in [1.82, 2.24) is 5.32 Å². The molecule has 0 aliphatic heterocycles. The van der Waals surface area contributed by atoms with Crippen molar-refractivity contribution in [2.24, 2.45) is 0 Å². The fourth-order valence-electron chi connectivity index (χ4n) is 1.91. The standard InChI is InChI=1S/C17H19N3O5/c1-4-17(2,3)19-15(21)11-5-7-12(8-6-11)18-16(22)13-9-10-14(25-13)20(23)24/h5-10H,4H2,1-3H3,(H,18,22)(H,19,21). The van der Waals surface area contributed by atoms with Crippen LogP contribution in [0.3, 0.4) is 0 Å². The van der Waals surface area contributed by atoms with Crippen LogP contribution in [0, 0.1) is 10.1 Å². The fourth-order valence-corrected chi connectivity index (χ4v) is 1.91. The van der Waals surface area contributed by atoms with E-state index >= 15 is 0 Å². The highest BCUT2D eigenvalue weighted by Gasteiger charge is 2.19. The molecule has 0 spiro atoms. The lowest BCUT2D eigenvalue weighted by Crippen LogP contribution is -2.42. The first-order valence-corrected chi connectivity index (χ1v) is 7.70. The van der Waals surface area contributed by atoms with E-state index in [1.165, 1.54) is 6.07 Å². The third kappa shape index (κ3) is 4.66. The molecule has 1 aromatic heterocycles. The minimum Gasteiger partial charge on any atom is -0.395 e. The van der Waals surface area contributed by atoms with Crippen molar-refractivity contribution >= 4 is 23.4 Å². The van der Waals surface area contributed by atoms with Gasteiger partial charge in [0.1, 0.15) is 4.92 Å². The number of benzene rings is 1. The molecule has 1 aromatic carbocycles. The van der Waals surface area contributed by atoms with Crippen molar-refractivity contribution in [3.8, 4) is 0 Å². The monoisotopic (exact) mass is 345 g/mol. The van der Waals surface area contributed by atoms with Gasteiger partial charge < -0.3 is 15.1 Å². The van der Waals surface area contributed by atoms with E-state index in [0.717, 1.165) is 12.5 Å². The molecular formula is C17H19N3O5. The second-order valence-corrected chi connectivity index (χ2v) is 6.12. The molecule has 2 aromatic rings. The van der Waals surface area contributed by atoms with Gasteiger partial charge in [0, 0.05) is 16.8 Å². The molecule has 2 amide bonds. The van der Waals surface area contributed by atoms with E-state index in [9.17, 15) is 19.7 Å². The van der Waals surface area contributed by atoms with Crippen molar-refractivity contribution in [3.63, 3.8) is 0 Å². The van der Waals surface area contributed by atoms with Gasteiger partial charge >= 0.3 is 5.88 Å². The number of anilines is 1. The maximum absolute atomic E-state index is 12.2. The number of hydrogen-bond acceptors (Lipinski definition) is 5. The van der Waals surface area contributed by atoms with E-state index in [1.54, 1.807) is 24.3 Å². The van der Waals surface area contributed by atoms with Gasteiger partial charge in [-0.05, 0) is 50.6 Å². The van der Waals surface area contributed by atoms with Crippen LogP contribution in [-0.2, 0) is 0 Å². The lowest BCUT2D eigenvalue weighted by molar-refractivity contribution is -0.402. The molecule has 0 aliphatic carbocycles. The number of nitrogens with one attached hydrogen (secondary N) is 2. The molecule has 0 aliphatic rings. The first-order chi connectivity index (χ1) is 11.7. The summed E-state index contributed by atoms with van der Waals surface area (Å²) in [5.41, 5.74) is 0.598. The molecule has 0 saturated carbocycles. The number of nitrogens with zero attached hydrogens (tertiary/aromatic N) is 1. The third-order valence-corrected chi connectivity index (χ3v) is 3.74. The first-order valence-electron chi connectivity index (χ1n) is 7.70. The molecule has 0 fully saturated rings. The van der Waals surface area contributed by atoms with E-state index in [0.29, 0.717) is 11.3 Å². The lowest BCUT2D eigenvalue weighted by atomic mass is 10.0. The summed E-state index contributed by atoms with van der Waals surface area (Å²) in [6.07, 6.45) is 0.794. The number of rotatable bonds is 6. The minimum absolute atomic E-state index is 0.168. The van der Waals surface area contributed by atoms with E-state index < -0.39 is 16.7 Å². The van der Waals surface area contributed by atoms with Gasteiger partial charge in [-0.2, -0.15) is 0 Å². The van der Waals surface area contributed by atoms with Crippen molar-refractivity contribution in [1.29, 1.82) is 0 Å². The maximum Gasteiger partial charge on any atom is 0.433 e. The Morgan fingerprint density at radius 2 is 1.76 bits per heavy atom. The first kappa shape index (κ1) is 18.2. The number of hydrogen-bond donors (Lipinski definition) is 2. The Morgan fingerprint density at radius 3 is 2.28 bits per heavy atom. The molecule has 8 heteroatoms. The Labute approximate surface area is 144 Å². The van der Waals surface area contributed by atoms with Gasteiger partial charge in [-0.25, -0.2) is 0 Å². The number of carbonyl (C=O) groups is 2. The fraction of sp³-hybridized carbons (Fsp3) is 0.294. The van der Waals surface area contributed by atoms with Crippen LogP contribution in [0.4, 0.5) is 11.6 Å². The van der Waals surface area contributed by atoms with Crippen LogP contribution in [0.25, 0.3) is 0 Å². The van der Waals surface area contributed by atoms with Crippen molar-refractivity contribution in [3.05, 3.63) is 57.8 Å². The number of furan rings is 1. The summed E-state index contributed by atoms with van der Waals surface area (Å²) in [4.78, 5) is 34.0. The Kier molecular flexibility index (Phi) is 5.21. The summed E-state index contributed by atoms with van der Waals surface area (Å²) in [6, 6.07) is 8.65. The molecule has 8 nitrogen and oxygen atoms in total. The van der Waals surface area contributed by atoms with Crippen LogP contribution in [0.15, 0.2) is 40.8 Å². The second kappa shape index (κ2) is 7.16. The van der Waals surface area contributed by atoms with E-state index in [-0.39, 0.29) is 17.2 Å². The summed E-state index contributed by atoms with van der Waals surface area (Å²) in [5, 5.41) is 16.0. The Morgan fingerprint density at radius 1 is 1.12 bits per heavy atom. The number of carbonyl (C=O) groups excluding carboxylic acids is 2. The Hall–Kier alpha value is -3.16. The summed E-state index contributed by atoms with van der Waals surface area (Å²) < 4.78 is 4.83. The zero-order valence-corrected chi connectivity index (χ0v) is 14.2. The predicted molar refractivity (Wildman–Crippen MR) is 91.6 cm³/mol. The maximum atomic E-state index is 12.2. The molecule has 132 valence electrons. The van der Waals surface area contributed by atoms with Crippen LogP contribution >= 0.6 is 0 Å². The Bertz CT molecular complexity index is 793. The van der Waals surface area contributed by atoms with Crippen LogP contribution in [0.5, 0.6) is 0 Å². The van der Waals surface area contributed by atoms with Gasteiger partial charge in [0.05, 0.1) is 6.07 Å². The highest BCUT2D eigenvalue weighted by Crippen LogP contribution is 2.18. The predicted octanol–water partition coefficient (Wildman–Crippen LogP) is 3.36. The SMILES string of the molecule is CCC(C)(C)NC(=O)c1ccc(NC(=O)c2ccc([N+](=O)[O-])o2)cc1. The smallest absolute Gasteiger partial charge is 0.395 e. The summed E-state index contributed by atoms with van der Waals surface area (Å²) >= 11 is 0. The molecule has 0 unspecified atom stereocenters. The van der Waals surface area contributed by atoms with Gasteiger partial charge in [0.25, 0.3) is 11.8 Å². The number of nitro groups is 1. The zero-order valence-electron chi connectivity index (χ0n) is 14.2. The summed E-state index contributed by atoms with van der Waals surface area (Å²) in [5.74, 6) is -1.49. The summed E-state index contributed by atoms with van der Waals surface area (Å²) in [6.45, 7) is 5.85. The highest BCUT2D eigenvalue weighted by molar-refractivity contribution is 6.02. The molecule has 1 heterocycles. The Balaban J connectivity index is 2.03. The normalized spacial score (nSPS) is 11.0. The molecular weight excluding hydrogens is 326 g/mol. The second-order valence-electron chi connectivity index (χ2n) is 6.12. The molecule has 0 radical (unpaired) electrons. The van der Waals surface area contributed by atoms with E-state index in [2.05, 4.69) is 10.6 Å². The molecule has 0 saturated heterocycles. The molecule has 0 atom stereocenters. The van der Waals surface area contributed by atoms with Crippen molar-refractivity contribution < 1.29 is 18.9 Å². The van der Waals surface area contributed by atoms with Crippen LogP contribution in [0.2, 0.25) is 0 Å². The van der Waals surface area contributed by atoms with Crippen LogP contribution < -0.4 is 10.6 Å². The average molecular weight is 345 g/mol. The van der Waals surface area contributed by atoms with Gasteiger partial charge in [0.15, 0.2) is 5.76 Å². The molecule has 2 N–H and O–H groups in total. The van der Waals surface area contributed by atoms with Crippen LogP contribution in [0.1, 0.15) is 48.1 Å². The third-order valence-electron chi connectivity index (χ3n) is 3.74. The lowest BCUT2D eigenvalue weighted by Gasteiger charge is -2.24. The minimum atomic E-state index is -0.720. The molecule has 25 heavy (non-hydrogen) atoms. The topological polar surface area (TPSA) is 114 Å². The van der Waals surface area contributed by atoms with Gasteiger partial charge in [-0.3, -0.25) is 19.7 Å². The van der Waals surface area contributed by atoms with E-state index in [1.807, 2.05) is 20.8 Å². The molecule has 0 bridgehead atoms. The highest BCUT2D eigenvalue weighted by atomic mass is 16.6. The van der Waals surface area contributed by atoms with Gasteiger partial charge in [-0.15, -0.1) is 0 Å². The summed E-state index contributed by atoms with van der Waals surface area (Å²) in [7, 11) is 0. The molecule has 2 rings (SSSR count). The zero-order chi connectivity index (χ0) is 18.6. The van der Waals surface area contributed by atoms with Gasteiger partial charge in [-0.1, -0.05) is 6.92 Å². The van der Waals surface area contributed by atoms with Crippen molar-refractivity contribution in [2.75, 3.05) is 5.32 Å². The average Bonchev–Trinajstić information content (AvgIpc) is 3.05. The largest absolute Gasteiger partial charge is 0.433 e. The number of amides is 2. The van der Waals surface area contributed by atoms with E-state index in [4.69, 9.17) is 4.42 Å². The van der Waals surface area contributed by atoms with Crippen molar-refractivity contribution in [2.45, 2.75) is 32.7 Å². The van der Waals surface area contributed by atoms with Gasteiger partial charge in [0.2, 0.25) is 0 Å². The quantitative estimate of drug-likeness (QED) is 0.615.